The Bertz CT molecular complexity index is 1190. The molecule has 0 unspecified atom stereocenters. The minimum Gasteiger partial charge on any atom is -0.356 e. The van der Waals surface area contributed by atoms with E-state index in [0.29, 0.717) is 22.9 Å². The molecule has 1 fully saturated rings. The Balaban J connectivity index is 1.37. The highest BCUT2D eigenvalue weighted by atomic mass is 32.1. The predicted octanol–water partition coefficient (Wildman–Crippen LogP) is 3.39. The van der Waals surface area contributed by atoms with Gasteiger partial charge in [0.25, 0.3) is 5.91 Å². The minimum absolute atomic E-state index is 0.0450. The van der Waals surface area contributed by atoms with Crippen molar-refractivity contribution in [3.63, 3.8) is 0 Å². The number of nitrogens with one attached hydrogen (secondary N) is 2. The topological polar surface area (TPSA) is 108 Å². The number of imide groups is 1. The monoisotopic (exact) mass is 462 g/mol. The molecule has 2 N–H and O–H groups in total. The second-order valence-corrected chi connectivity index (χ2v) is 8.45. The molecular weight excluding hydrogens is 440 g/mol. The highest BCUT2D eigenvalue weighted by Gasteiger charge is 2.30. The Kier molecular flexibility index (Phi) is 6.60. The molecule has 0 aliphatic carbocycles. The first-order chi connectivity index (χ1) is 15.9. The number of carbonyl (C=O) groups excluding carboxylic acids is 4. The van der Waals surface area contributed by atoms with Crippen molar-refractivity contribution < 1.29 is 19.2 Å². The molecule has 2 heterocycles. The van der Waals surface area contributed by atoms with E-state index in [4.69, 9.17) is 0 Å². The molecule has 2 aromatic carbocycles. The van der Waals surface area contributed by atoms with Crippen molar-refractivity contribution in [3.05, 3.63) is 65.0 Å². The number of thiazole rings is 1. The second kappa shape index (κ2) is 9.74. The third-order valence-electron chi connectivity index (χ3n) is 5.20. The molecule has 0 spiro atoms. The number of anilines is 2. The molecular formula is C24H22N4O4S. The van der Waals surface area contributed by atoms with Crippen LogP contribution in [0.2, 0.25) is 0 Å². The summed E-state index contributed by atoms with van der Waals surface area (Å²) in [6, 6.07) is 14.3. The van der Waals surface area contributed by atoms with Gasteiger partial charge in [0.1, 0.15) is 0 Å². The number of hydrogen-bond donors (Lipinski definition) is 2. The normalized spacial score (nSPS) is 13.3. The number of nitrogens with zero attached hydrogens (tertiary/aromatic N) is 2. The van der Waals surface area contributed by atoms with E-state index in [-0.39, 0.29) is 36.5 Å². The number of aromatic nitrogens is 1. The Morgan fingerprint density at radius 1 is 1.00 bits per heavy atom. The highest BCUT2D eigenvalue weighted by Crippen LogP contribution is 2.26. The van der Waals surface area contributed by atoms with Gasteiger partial charge in [-0.05, 0) is 36.2 Å². The fourth-order valence-corrected chi connectivity index (χ4v) is 4.20. The molecule has 0 bridgehead atoms. The lowest BCUT2D eigenvalue weighted by atomic mass is 10.1. The zero-order valence-electron chi connectivity index (χ0n) is 18.0. The summed E-state index contributed by atoms with van der Waals surface area (Å²) in [5.41, 5.74) is 3.66. The molecule has 1 saturated heterocycles. The SMILES string of the molecule is CC(=O)NCCc1ccc(-c2csc(NC(=O)c3ccc(N4C(=O)CCC4=O)cc3)n2)cc1. The summed E-state index contributed by atoms with van der Waals surface area (Å²) < 4.78 is 0. The van der Waals surface area contributed by atoms with Gasteiger partial charge in [0.15, 0.2) is 5.13 Å². The molecule has 9 heteroatoms. The van der Waals surface area contributed by atoms with Gasteiger partial charge in [-0.3, -0.25) is 29.4 Å². The van der Waals surface area contributed by atoms with E-state index in [1.807, 2.05) is 29.6 Å². The predicted molar refractivity (Wildman–Crippen MR) is 126 cm³/mol. The smallest absolute Gasteiger partial charge is 0.257 e. The van der Waals surface area contributed by atoms with Gasteiger partial charge >= 0.3 is 0 Å². The summed E-state index contributed by atoms with van der Waals surface area (Å²) in [5.74, 6) is -0.826. The molecule has 0 saturated carbocycles. The van der Waals surface area contributed by atoms with Crippen molar-refractivity contribution in [2.75, 3.05) is 16.8 Å². The first-order valence-corrected chi connectivity index (χ1v) is 11.3. The molecule has 4 rings (SSSR count). The Morgan fingerprint density at radius 3 is 2.30 bits per heavy atom. The van der Waals surface area contributed by atoms with Gasteiger partial charge in [0.05, 0.1) is 11.4 Å². The van der Waals surface area contributed by atoms with Crippen molar-refractivity contribution in [1.29, 1.82) is 0 Å². The van der Waals surface area contributed by atoms with E-state index in [0.717, 1.165) is 28.1 Å². The number of carbonyl (C=O) groups is 4. The van der Waals surface area contributed by atoms with Crippen LogP contribution in [0.1, 0.15) is 35.7 Å². The van der Waals surface area contributed by atoms with Gasteiger partial charge in [0.2, 0.25) is 17.7 Å². The van der Waals surface area contributed by atoms with E-state index in [2.05, 4.69) is 15.6 Å². The van der Waals surface area contributed by atoms with E-state index >= 15 is 0 Å². The molecule has 8 nitrogen and oxygen atoms in total. The fourth-order valence-electron chi connectivity index (χ4n) is 3.48. The number of benzene rings is 2. The van der Waals surface area contributed by atoms with Crippen LogP contribution in [-0.2, 0) is 20.8 Å². The van der Waals surface area contributed by atoms with E-state index in [9.17, 15) is 19.2 Å². The zero-order chi connectivity index (χ0) is 23.4. The summed E-state index contributed by atoms with van der Waals surface area (Å²) in [4.78, 5) is 52.9. The van der Waals surface area contributed by atoms with Crippen LogP contribution in [0, 0.1) is 0 Å². The van der Waals surface area contributed by atoms with Crippen LogP contribution in [0.4, 0.5) is 10.8 Å². The van der Waals surface area contributed by atoms with Crippen molar-refractivity contribution in [3.8, 4) is 11.3 Å². The second-order valence-electron chi connectivity index (χ2n) is 7.59. The van der Waals surface area contributed by atoms with Crippen molar-refractivity contribution >= 4 is 45.8 Å². The van der Waals surface area contributed by atoms with Crippen LogP contribution in [0.15, 0.2) is 53.9 Å². The number of hydrogen-bond acceptors (Lipinski definition) is 6. The van der Waals surface area contributed by atoms with Crippen LogP contribution in [0.3, 0.4) is 0 Å². The molecule has 1 aromatic heterocycles. The summed E-state index contributed by atoms with van der Waals surface area (Å²) in [6.07, 6.45) is 1.18. The first kappa shape index (κ1) is 22.3. The van der Waals surface area contributed by atoms with Gasteiger partial charge in [-0.25, -0.2) is 4.98 Å². The summed E-state index contributed by atoms with van der Waals surface area (Å²) in [6.45, 7) is 2.09. The fraction of sp³-hybridized carbons (Fsp3) is 0.208. The highest BCUT2D eigenvalue weighted by molar-refractivity contribution is 7.14. The zero-order valence-corrected chi connectivity index (χ0v) is 18.8. The molecule has 4 amide bonds. The standard InChI is InChI=1S/C24H22N4O4S/c1-15(29)25-13-12-16-2-4-17(5-3-16)20-14-33-24(26-20)27-23(32)18-6-8-19(9-7-18)28-21(30)10-11-22(28)31/h2-9,14H,10-13H2,1H3,(H,25,29)(H,26,27,32). The van der Waals surface area contributed by atoms with Gasteiger partial charge in [-0.15, -0.1) is 11.3 Å². The number of rotatable bonds is 7. The first-order valence-electron chi connectivity index (χ1n) is 10.5. The van der Waals surface area contributed by atoms with Crippen LogP contribution in [0.5, 0.6) is 0 Å². The van der Waals surface area contributed by atoms with Crippen LogP contribution < -0.4 is 15.5 Å². The van der Waals surface area contributed by atoms with Gasteiger partial charge in [0, 0.05) is 42.8 Å². The molecule has 0 radical (unpaired) electrons. The lowest BCUT2D eigenvalue weighted by Gasteiger charge is -2.13. The lowest BCUT2D eigenvalue weighted by Crippen LogP contribution is -2.28. The summed E-state index contributed by atoms with van der Waals surface area (Å²) >= 11 is 1.32. The largest absolute Gasteiger partial charge is 0.356 e. The van der Waals surface area contributed by atoms with Crippen LogP contribution >= 0.6 is 11.3 Å². The molecule has 168 valence electrons. The average molecular weight is 463 g/mol. The maximum absolute atomic E-state index is 12.6. The summed E-state index contributed by atoms with van der Waals surface area (Å²) in [7, 11) is 0. The van der Waals surface area contributed by atoms with Gasteiger partial charge in [-0.1, -0.05) is 24.3 Å². The van der Waals surface area contributed by atoms with Crippen LogP contribution in [-0.4, -0.2) is 35.2 Å². The quantitative estimate of drug-likeness (QED) is 0.523. The van der Waals surface area contributed by atoms with Gasteiger partial charge < -0.3 is 5.32 Å². The van der Waals surface area contributed by atoms with E-state index in [1.54, 1.807) is 24.3 Å². The molecule has 1 aliphatic heterocycles. The minimum atomic E-state index is -0.324. The van der Waals surface area contributed by atoms with E-state index < -0.39 is 0 Å². The Hall–Kier alpha value is -3.85. The maximum Gasteiger partial charge on any atom is 0.257 e. The average Bonchev–Trinajstić information content (AvgIpc) is 3.40. The van der Waals surface area contributed by atoms with Crippen molar-refractivity contribution in [2.45, 2.75) is 26.2 Å². The van der Waals surface area contributed by atoms with Crippen LogP contribution in [0.25, 0.3) is 11.3 Å². The van der Waals surface area contributed by atoms with E-state index in [1.165, 1.54) is 18.3 Å². The molecule has 0 atom stereocenters. The molecule has 33 heavy (non-hydrogen) atoms. The third kappa shape index (κ3) is 5.32. The summed E-state index contributed by atoms with van der Waals surface area (Å²) in [5, 5.41) is 7.90. The Morgan fingerprint density at radius 2 is 1.67 bits per heavy atom. The third-order valence-corrected chi connectivity index (χ3v) is 5.96. The van der Waals surface area contributed by atoms with Crippen molar-refractivity contribution in [1.82, 2.24) is 10.3 Å². The van der Waals surface area contributed by atoms with Crippen molar-refractivity contribution in [2.24, 2.45) is 0 Å². The molecule has 3 aromatic rings. The molecule has 1 aliphatic rings. The maximum atomic E-state index is 12.6. The Labute approximate surface area is 194 Å². The van der Waals surface area contributed by atoms with Gasteiger partial charge in [-0.2, -0.15) is 0 Å². The number of amides is 4. The lowest BCUT2D eigenvalue weighted by molar-refractivity contribution is -0.121.